The Balaban J connectivity index is 2.07. The number of nitrogen functional groups attached to an aromatic ring is 1. The van der Waals surface area contributed by atoms with Crippen LogP contribution in [-0.4, -0.2) is 15.9 Å². The molecule has 0 unspecified atom stereocenters. The fraction of sp³-hybridized carbons (Fsp3) is 0. The van der Waals surface area contributed by atoms with Gasteiger partial charge in [-0.2, -0.15) is 0 Å². The Bertz CT molecular complexity index is 1070. The third-order valence-corrected chi connectivity index (χ3v) is 5.08. The van der Waals surface area contributed by atoms with Crippen molar-refractivity contribution in [1.29, 1.82) is 0 Å². The highest BCUT2D eigenvalue weighted by molar-refractivity contribution is 7.21. The number of thiophene rings is 1. The third-order valence-electron chi connectivity index (χ3n) is 3.96. The number of amides is 1. The summed E-state index contributed by atoms with van der Waals surface area (Å²) in [6.45, 7) is 0. The van der Waals surface area contributed by atoms with E-state index in [4.69, 9.17) is 11.5 Å². The largest absolute Gasteiger partial charge is 0.397 e. The van der Waals surface area contributed by atoms with E-state index in [1.807, 2.05) is 48.5 Å². The van der Waals surface area contributed by atoms with E-state index in [-0.39, 0.29) is 0 Å². The van der Waals surface area contributed by atoms with Crippen molar-refractivity contribution in [1.82, 2.24) is 9.97 Å². The van der Waals surface area contributed by atoms with E-state index in [9.17, 15) is 4.79 Å². The lowest BCUT2D eigenvalue weighted by Crippen LogP contribution is -2.10. The summed E-state index contributed by atoms with van der Waals surface area (Å²) >= 11 is 1.22. The number of fused-ring (bicyclic) bond motifs is 1. The number of hydrogen-bond acceptors (Lipinski definition) is 5. The summed E-state index contributed by atoms with van der Waals surface area (Å²) in [6, 6.07) is 15.7. The molecule has 0 spiro atoms. The van der Waals surface area contributed by atoms with Crippen molar-refractivity contribution in [3.8, 4) is 22.4 Å². The quantitative estimate of drug-likeness (QED) is 0.591. The minimum absolute atomic E-state index is 0.336. The SMILES string of the molecule is NC(=O)c1sc2nc(-c3cccnc3)cc(-c3ccccc3)c2c1N. The van der Waals surface area contributed by atoms with Crippen molar-refractivity contribution in [2.75, 3.05) is 5.73 Å². The van der Waals surface area contributed by atoms with Gasteiger partial charge in [0.1, 0.15) is 9.71 Å². The molecule has 0 aliphatic carbocycles. The van der Waals surface area contributed by atoms with Crippen LogP contribution in [0.3, 0.4) is 0 Å². The van der Waals surface area contributed by atoms with Gasteiger partial charge < -0.3 is 11.5 Å². The summed E-state index contributed by atoms with van der Waals surface area (Å²) in [5, 5.41) is 0.762. The van der Waals surface area contributed by atoms with Gasteiger partial charge in [-0.25, -0.2) is 4.98 Å². The zero-order valence-corrected chi connectivity index (χ0v) is 14.0. The summed E-state index contributed by atoms with van der Waals surface area (Å²) in [4.78, 5) is 21.6. The highest BCUT2D eigenvalue weighted by Gasteiger charge is 2.20. The number of carbonyl (C=O) groups excluding carboxylic acids is 1. The Morgan fingerprint density at radius 3 is 2.48 bits per heavy atom. The first-order valence-corrected chi connectivity index (χ1v) is 8.45. The molecule has 0 fully saturated rings. The molecule has 0 radical (unpaired) electrons. The first-order valence-electron chi connectivity index (χ1n) is 7.64. The second-order valence-electron chi connectivity index (χ2n) is 5.55. The van der Waals surface area contributed by atoms with Crippen molar-refractivity contribution >= 4 is 33.1 Å². The first kappa shape index (κ1) is 15.3. The van der Waals surface area contributed by atoms with Gasteiger partial charge >= 0.3 is 0 Å². The summed E-state index contributed by atoms with van der Waals surface area (Å²) in [7, 11) is 0. The zero-order chi connectivity index (χ0) is 17.4. The lowest BCUT2D eigenvalue weighted by molar-refractivity contribution is 0.100. The zero-order valence-electron chi connectivity index (χ0n) is 13.1. The summed E-state index contributed by atoms with van der Waals surface area (Å²) in [5.41, 5.74) is 15.7. The highest BCUT2D eigenvalue weighted by atomic mass is 32.1. The standard InChI is InChI=1S/C19H14N4OS/c20-16-15-13(11-5-2-1-3-6-11)9-14(12-7-4-8-22-10-12)23-19(15)25-17(16)18(21)24/h1-10H,20H2,(H2,21,24). The van der Waals surface area contributed by atoms with Crippen molar-refractivity contribution in [2.24, 2.45) is 5.73 Å². The number of pyridine rings is 2. The maximum Gasteiger partial charge on any atom is 0.260 e. The van der Waals surface area contributed by atoms with Crippen molar-refractivity contribution in [3.05, 3.63) is 65.8 Å². The van der Waals surface area contributed by atoms with Gasteiger partial charge in [0, 0.05) is 23.3 Å². The van der Waals surface area contributed by atoms with E-state index in [0.717, 1.165) is 27.8 Å². The fourth-order valence-corrected chi connectivity index (χ4v) is 3.78. The average molecular weight is 346 g/mol. The number of primary amides is 1. The molecule has 4 aromatic rings. The van der Waals surface area contributed by atoms with Gasteiger partial charge in [0.2, 0.25) is 0 Å². The molecule has 6 heteroatoms. The van der Waals surface area contributed by atoms with E-state index in [1.54, 1.807) is 12.4 Å². The van der Waals surface area contributed by atoms with Crippen LogP contribution in [0.5, 0.6) is 0 Å². The molecule has 122 valence electrons. The molecule has 0 bridgehead atoms. The number of nitrogens with zero attached hydrogens (tertiary/aromatic N) is 2. The maximum absolute atomic E-state index is 11.7. The highest BCUT2D eigenvalue weighted by Crippen LogP contribution is 2.40. The maximum atomic E-state index is 11.7. The minimum atomic E-state index is -0.539. The van der Waals surface area contributed by atoms with Crippen LogP contribution < -0.4 is 11.5 Å². The number of nitrogens with two attached hydrogens (primary N) is 2. The first-order chi connectivity index (χ1) is 12.1. The molecule has 0 atom stereocenters. The topological polar surface area (TPSA) is 94.9 Å². The Labute approximate surface area is 148 Å². The van der Waals surface area contributed by atoms with Crippen molar-refractivity contribution in [3.63, 3.8) is 0 Å². The number of benzene rings is 1. The number of carbonyl (C=O) groups is 1. The Kier molecular flexibility index (Phi) is 3.66. The lowest BCUT2D eigenvalue weighted by Gasteiger charge is -2.08. The average Bonchev–Trinajstić information content (AvgIpc) is 2.99. The van der Waals surface area contributed by atoms with Crippen LogP contribution in [0.15, 0.2) is 60.9 Å². The normalized spacial score (nSPS) is 10.9. The molecule has 0 saturated carbocycles. The molecule has 0 aliphatic rings. The van der Waals surface area contributed by atoms with Crippen LogP contribution in [0, 0.1) is 0 Å². The molecular formula is C19H14N4OS. The lowest BCUT2D eigenvalue weighted by atomic mass is 10.00. The van der Waals surface area contributed by atoms with Crippen LogP contribution in [0.25, 0.3) is 32.6 Å². The second kappa shape index (κ2) is 5.99. The predicted octanol–water partition coefficient (Wildman–Crippen LogP) is 3.71. The molecule has 0 saturated heterocycles. The number of rotatable bonds is 3. The molecule has 5 nitrogen and oxygen atoms in total. The van der Waals surface area contributed by atoms with Crippen LogP contribution in [0.1, 0.15) is 9.67 Å². The Morgan fingerprint density at radius 1 is 1.04 bits per heavy atom. The van der Waals surface area contributed by atoms with Crippen LogP contribution in [-0.2, 0) is 0 Å². The van der Waals surface area contributed by atoms with Gasteiger partial charge in [-0.3, -0.25) is 9.78 Å². The molecule has 4 N–H and O–H groups in total. The molecule has 3 aromatic heterocycles. The number of anilines is 1. The van der Waals surface area contributed by atoms with Crippen LogP contribution in [0.2, 0.25) is 0 Å². The van der Waals surface area contributed by atoms with Crippen molar-refractivity contribution in [2.45, 2.75) is 0 Å². The number of hydrogen-bond donors (Lipinski definition) is 2. The molecule has 1 amide bonds. The van der Waals surface area contributed by atoms with E-state index < -0.39 is 5.91 Å². The molecule has 3 heterocycles. The van der Waals surface area contributed by atoms with Gasteiger partial charge in [-0.15, -0.1) is 11.3 Å². The van der Waals surface area contributed by atoms with E-state index >= 15 is 0 Å². The van der Waals surface area contributed by atoms with Crippen LogP contribution in [0.4, 0.5) is 5.69 Å². The minimum Gasteiger partial charge on any atom is -0.397 e. The van der Waals surface area contributed by atoms with E-state index in [0.29, 0.717) is 15.4 Å². The second-order valence-corrected chi connectivity index (χ2v) is 6.55. The number of aromatic nitrogens is 2. The van der Waals surface area contributed by atoms with Gasteiger partial charge in [0.05, 0.1) is 11.4 Å². The molecule has 0 aliphatic heterocycles. The van der Waals surface area contributed by atoms with Gasteiger partial charge in [-0.1, -0.05) is 30.3 Å². The fourth-order valence-electron chi connectivity index (χ4n) is 2.81. The monoisotopic (exact) mass is 346 g/mol. The summed E-state index contributed by atoms with van der Waals surface area (Å²) in [5.74, 6) is -0.539. The van der Waals surface area contributed by atoms with Gasteiger partial charge in [0.25, 0.3) is 5.91 Å². The van der Waals surface area contributed by atoms with Crippen LogP contribution >= 0.6 is 11.3 Å². The van der Waals surface area contributed by atoms with E-state index in [1.165, 1.54) is 11.3 Å². The molecule has 1 aromatic carbocycles. The molecule has 25 heavy (non-hydrogen) atoms. The molecular weight excluding hydrogens is 332 g/mol. The third kappa shape index (κ3) is 2.62. The summed E-state index contributed by atoms with van der Waals surface area (Å²) < 4.78 is 0. The van der Waals surface area contributed by atoms with Crippen molar-refractivity contribution < 1.29 is 4.79 Å². The van der Waals surface area contributed by atoms with Gasteiger partial charge in [0.15, 0.2) is 0 Å². The smallest absolute Gasteiger partial charge is 0.260 e. The predicted molar refractivity (Wildman–Crippen MR) is 101 cm³/mol. The summed E-state index contributed by atoms with van der Waals surface area (Å²) in [6.07, 6.45) is 3.48. The Hall–Kier alpha value is -3.25. The Morgan fingerprint density at radius 2 is 1.80 bits per heavy atom. The molecule has 4 rings (SSSR count). The van der Waals surface area contributed by atoms with E-state index in [2.05, 4.69) is 9.97 Å². The van der Waals surface area contributed by atoms with Gasteiger partial charge in [-0.05, 0) is 29.3 Å².